The molecule has 0 unspecified atom stereocenters. The summed E-state index contributed by atoms with van der Waals surface area (Å²) in [7, 11) is 1.55. The van der Waals surface area contributed by atoms with Crippen molar-refractivity contribution in [3.8, 4) is 6.01 Å². The van der Waals surface area contributed by atoms with Crippen LogP contribution in [0.25, 0.3) is 0 Å². The van der Waals surface area contributed by atoms with Gasteiger partial charge in [0.2, 0.25) is 0 Å². The third kappa shape index (κ3) is 3.13. The molecule has 2 rings (SSSR count). The van der Waals surface area contributed by atoms with Gasteiger partial charge in [-0.1, -0.05) is 0 Å². The van der Waals surface area contributed by atoms with Crippen molar-refractivity contribution in [2.75, 3.05) is 12.4 Å². The van der Waals surface area contributed by atoms with Crippen LogP contribution in [0.2, 0.25) is 0 Å². The van der Waals surface area contributed by atoms with Crippen LogP contribution in [0.4, 0.5) is 5.82 Å². The van der Waals surface area contributed by atoms with Crippen molar-refractivity contribution in [1.29, 1.82) is 0 Å². The minimum Gasteiger partial charge on any atom is -0.467 e. The zero-order chi connectivity index (χ0) is 12.3. The maximum absolute atomic E-state index is 5.02. The summed E-state index contributed by atoms with van der Waals surface area (Å²) >= 11 is 4.88. The first kappa shape index (κ1) is 12.3. The fourth-order valence-electron chi connectivity index (χ4n) is 1.26. The van der Waals surface area contributed by atoms with Crippen LogP contribution in [0.3, 0.4) is 0 Å². The van der Waals surface area contributed by atoms with Gasteiger partial charge in [0.25, 0.3) is 0 Å². The monoisotopic (exact) mass is 314 g/mol. The number of nitrogens with zero attached hydrogens (tertiary/aromatic N) is 3. The summed E-state index contributed by atoms with van der Waals surface area (Å²) in [5, 5.41) is 3.21. The SMILES string of the molecule is COc1nc(C)cc(NCc2sncc2Br)n1. The molecular weight excluding hydrogens is 304 g/mol. The second kappa shape index (κ2) is 5.42. The summed E-state index contributed by atoms with van der Waals surface area (Å²) in [6, 6.07) is 2.24. The first-order valence-corrected chi connectivity index (χ1v) is 6.48. The molecule has 0 fully saturated rings. The number of aryl methyl sites for hydroxylation is 1. The Morgan fingerprint density at radius 2 is 2.29 bits per heavy atom. The standard InChI is InChI=1S/C10H11BrN4OS/c1-6-3-9(15-10(14-6)16-2)12-5-8-7(11)4-13-17-8/h3-4H,5H2,1-2H3,(H,12,14,15). The van der Waals surface area contributed by atoms with Crippen LogP contribution in [-0.4, -0.2) is 21.5 Å². The minimum absolute atomic E-state index is 0.371. The molecule has 0 atom stereocenters. The van der Waals surface area contributed by atoms with E-state index in [2.05, 4.69) is 35.6 Å². The molecule has 0 saturated heterocycles. The van der Waals surface area contributed by atoms with Gasteiger partial charge in [-0.3, -0.25) is 0 Å². The van der Waals surface area contributed by atoms with E-state index in [1.54, 1.807) is 13.3 Å². The van der Waals surface area contributed by atoms with Crippen LogP contribution < -0.4 is 10.1 Å². The molecule has 17 heavy (non-hydrogen) atoms. The van der Waals surface area contributed by atoms with Gasteiger partial charge in [-0.2, -0.15) is 9.36 Å². The maximum Gasteiger partial charge on any atom is 0.318 e. The Balaban J connectivity index is 2.09. The lowest BCUT2D eigenvalue weighted by Gasteiger charge is -2.06. The van der Waals surface area contributed by atoms with Crippen molar-refractivity contribution in [2.24, 2.45) is 0 Å². The van der Waals surface area contributed by atoms with Gasteiger partial charge in [-0.15, -0.1) is 0 Å². The number of aromatic nitrogens is 3. The molecule has 0 saturated carbocycles. The lowest BCUT2D eigenvalue weighted by Crippen LogP contribution is -2.03. The first-order chi connectivity index (χ1) is 8.19. The highest BCUT2D eigenvalue weighted by molar-refractivity contribution is 9.10. The summed E-state index contributed by atoms with van der Waals surface area (Å²) in [6.45, 7) is 2.57. The van der Waals surface area contributed by atoms with Crippen molar-refractivity contribution in [3.63, 3.8) is 0 Å². The van der Waals surface area contributed by atoms with E-state index in [1.165, 1.54) is 11.5 Å². The number of nitrogens with one attached hydrogen (secondary N) is 1. The van der Waals surface area contributed by atoms with E-state index in [4.69, 9.17) is 4.74 Å². The van der Waals surface area contributed by atoms with Crippen molar-refractivity contribution < 1.29 is 4.74 Å². The quantitative estimate of drug-likeness (QED) is 0.940. The van der Waals surface area contributed by atoms with Crippen molar-refractivity contribution in [3.05, 3.63) is 27.3 Å². The van der Waals surface area contributed by atoms with E-state index < -0.39 is 0 Å². The largest absolute Gasteiger partial charge is 0.467 e. The molecule has 0 bridgehead atoms. The average Bonchev–Trinajstić information content (AvgIpc) is 2.71. The van der Waals surface area contributed by atoms with Gasteiger partial charge >= 0.3 is 6.01 Å². The number of ether oxygens (including phenoxy) is 1. The van der Waals surface area contributed by atoms with E-state index >= 15 is 0 Å². The topological polar surface area (TPSA) is 59.9 Å². The zero-order valence-electron chi connectivity index (χ0n) is 9.40. The lowest BCUT2D eigenvalue weighted by atomic mass is 10.4. The van der Waals surface area contributed by atoms with E-state index in [0.29, 0.717) is 12.6 Å². The Morgan fingerprint density at radius 1 is 1.47 bits per heavy atom. The average molecular weight is 315 g/mol. The highest BCUT2D eigenvalue weighted by atomic mass is 79.9. The summed E-state index contributed by atoms with van der Waals surface area (Å²) in [6.07, 6.45) is 1.79. The highest BCUT2D eigenvalue weighted by Gasteiger charge is 2.05. The van der Waals surface area contributed by atoms with E-state index in [9.17, 15) is 0 Å². The van der Waals surface area contributed by atoms with Gasteiger partial charge in [0.1, 0.15) is 5.82 Å². The second-order valence-electron chi connectivity index (χ2n) is 3.33. The minimum atomic E-state index is 0.371. The van der Waals surface area contributed by atoms with Crippen LogP contribution in [-0.2, 0) is 6.54 Å². The normalized spacial score (nSPS) is 10.3. The molecule has 0 aromatic carbocycles. The van der Waals surface area contributed by atoms with Crippen LogP contribution >= 0.6 is 27.5 Å². The molecule has 2 aromatic heterocycles. The number of hydrogen-bond donors (Lipinski definition) is 1. The molecule has 2 heterocycles. The summed E-state index contributed by atoms with van der Waals surface area (Å²) < 4.78 is 10.1. The number of methoxy groups -OCH3 is 1. The molecule has 0 aliphatic rings. The molecule has 1 N–H and O–H groups in total. The molecule has 0 aliphatic heterocycles. The fraction of sp³-hybridized carbons (Fsp3) is 0.300. The van der Waals surface area contributed by atoms with Crippen LogP contribution in [0.5, 0.6) is 6.01 Å². The molecule has 0 amide bonds. The van der Waals surface area contributed by atoms with Crippen molar-refractivity contribution in [1.82, 2.24) is 14.3 Å². The summed E-state index contributed by atoms with van der Waals surface area (Å²) in [4.78, 5) is 9.45. The van der Waals surface area contributed by atoms with Crippen LogP contribution in [0.15, 0.2) is 16.7 Å². The molecule has 2 aromatic rings. The van der Waals surface area contributed by atoms with E-state index in [1.807, 2.05) is 13.0 Å². The third-order valence-corrected chi connectivity index (χ3v) is 3.78. The van der Waals surface area contributed by atoms with Crippen LogP contribution in [0.1, 0.15) is 10.6 Å². The smallest absolute Gasteiger partial charge is 0.318 e. The second-order valence-corrected chi connectivity index (χ2v) is 5.07. The third-order valence-electron chi connectivity index (χ3n) is 2.04. The number of halogens is 1. The molecule has 0 aliphatic carbocycles. The van der Waals surface area contributed by atoms with Gasteiger partial charge in [0.05, 0.1) is 29.2 Å². The Morgan fingerprint density at radius 3 is 2.94 bits per heavy atom. The Hall–Kier alpha value is -1.21. The molecule has 7 heteroatoms. The van der Waals surface area contributed by atoms with Gasteiger partial charge in [-0.05, 0) is 34.4 Å². The van der Waals surface area contributed by atoms with Gasteiger partial charge in [0.15, 0.2) is 0 Å². The van der Waals surface area contributed by atoms with Crippen LogP contribution in [0, 0.1) is 6.92 Å². The Labute approximate surface area is 112 Å². The molecule has 0 spiro atoms. The number of rotatable bonds is 4. The highest BCUT2D eigenvalue weighted by Crippen LogP contribution is 2.21. The summed E-state index contributed by atoms with van der Waals surface area (Å²) in [5.41, 5.74) is 0.864. The summed E-state index contributed by atoms with van der Waals surface area (Å²) in [5.74, 6) is 0.745. The molecular formula is C10H11BrN4OS. The van der Waals surface area contributed by atoms with Crippen molar-refractivity contribution >= 4 is 33.3 Å². The maximum atomic E-state index is 5.02. The molecule has 5 nitrogen and oxygen atoms in total. The van der Waals surface area contributed by atoms with E-state index in [0.717, 1.165) is 20.9 Å². The predicted molar refractivity (Wildman–Crippen MR) is 70.5 cm³/mol. The van der Waals surface area contributed by atoms with Gasteiger partial charge < -0.3 is 10.1 Å². The number of hydrogen-bond acceptors (Lipinski definition) is 6. The van der Waals surface area contributed by atoms with Crippen molar-refractivity contribution in [2.45, 2.75) is 13.5 Å². The van der Waals surface area contributed by atoms with Gasteiger partial charge in [-0.25, -0.2) is 4.98 Å². The first-order valence-electron chi connectivity index (χ1n) is 4.91. The lowest BCUT2D eigenvalue weighted by molar-refractivity contribution is 0.379. The number of anilines is 1. The Bertz CT molecular complexity index is 517. The molecule has 0 radical (unpaired) electrons. The van der Waals surface area contributed by atoms with Gasteiger partial charge in [0, 0.05) is 11.8 Å². The molecule has 90 valence electrons. The zero-order valence-corrected chi connectivity index (χ0v) is 11.8. The Kier molecular flexibility index (Phi) is 3.90. The fourth-order valence-corrected chi connectivity index (χ4v) is 2.42. The van der Waals surface area contributed by atoms with E-state index in [-0.39, 0.29) is 0 Å². The predicted octanol–water partition coefficient (Wildman–Crippen LogP) is 2.62.